The third kappa shape index (κ3) is 3.95. The molecule has 0 radical (unpaired) electrons. The van der Waals surface area contributed by atoms with E-state index in [1.54, 1.807) is 0 Å². The summed E-state index contributed by atoms with van der Waals surface area (Å²) in [5.74, 6) is 0.240. The van der Waals surface area contributed by atoms with Gasteiger partial charge in [0.15, 0.2) is 0 Å². The molecule has 0 aromatic carbocycles. The van der Waals surface area contributed by atoms with E-state index in [4.69, 9.17) is 0 Å². The highest BCUT2D eigenvalue weighted by Gasteiger charge is 2.28. The lowest BCUT2D eigenvalue weighted by Gasteiger charge is -2.20. The van der Waals surface area contributed by atoms with Crippen LogP contribution in [-0.2, 0) is 0 Å². The molecule has 1 nitrogen and oxygen atoms in total. The van der Waals surface area contributed by atoms with Crippen molar-refractivity contribution >= 4 is 0 Å². The van der Waals surface area contributed by atoms with Gasteiger partial charge in [-0.1, -0.05) is 27.7 Å². The molecule has 1 aliphatic heterocycles. The first-order chi connectivity index (χ1) is 6.38. The quantitative estimate of drug-likeness (QED) is 0.678. The fraction of sp³-hybridized carbons (Fsp3) is 1.00. The summed E-state index contributed by atoms with van der Waals surface area (Å²) >= 11 is 0. The summed E-state index contributed by atoms with van der Waals surface area (Å²) in [6.45, 7) is 11.5. The first kappa shape index (κ1) is 12.0. The molecule has 0 aromatic rings. The van der Waals surface area contributed by atoms with Crippen molar-refractivity contribution in [1.82, 2.24) is 4.90 Å². The van der Waals surface area contributed by atoms with Gasteiger partial charge in [0.25, 0.3) is 0 Å². The minimum atomic E-state index is -0.593. The van der Waals surface area contributed by atoms with Crippen LogP contribution >= 0.6 is 0 Å². The smallest absolute Gasteiger partial charge is 0.116 e. The zero-order valence-corrected chi connectivity index (χ0v) is 10.0. The maximum absolute atomic E-state index is 13.2. The fourth-order valence-corrected chi connectivity index (χ4v) is 2.04. The van der Waals surface area contributed by atoms with Crippen LogP contribution < -0.4 is 0 Å². The molecule has 1 heterocycles. The SMILES string of the molecule is C[C@H]1CN(CCCC(C)(C)C)C[C@H]1F. The van der Waals surface area contributed by atoms with Gasteiger partial charge in [0.1, 0.15) is 6.17 Å². The van der Waals surface area contributed by atoms with E-state index in [2.05, 4.69) is 25.7 Å². The molecule has 0 aromatic heterocycles. The van der Waals surface area contributed by atoms with Crippen molar-refractivity contribution in [3.63, 3.8) is 0 Å². The number of rotatable bonds is 3. The summed E-state index contributed by atoms with van der Waals surface area (Å²) in [5, 5.41) is 0. The van der Waals surface area contributed by atoms with Crippen molar-refractivity contribution in [2.75, 3.05) is 19.6 Å². The minimum Gasteiger partial charge on any atom is -0.300 e. The van der Waals surface area contributed by atoms with Crippen LogP contribution in [0.25, 0.3) is 0 Å². The number of likely N-dealkylation sites (tertiary alicyclic amines) is 1. The van der Waals surface area contributed by atoms with Crippen molar-refractivity contribution in [2.45, 2.75) is 46.7 Å². The first-order valence-corrected chi connectivity index (χ1v) is 5.75. The molecule has 1 rings (SSSR count). The van der Waals surface area contributed by atoms with E-state index in [9.17, 15) is 4.39 Å². The van der Waals surface area contributed by atoms with Crippen LogP contribution in [0.1, 0.15) is 40.5 Å². The summed E-state index contributed by atoms with van der Waals surface area (Å²) in [5.41, 5.74) is 0.417. The van der Waals surface area contributed by atoms with Crippen molar-refractivity contribution in [1.29, 1.82) is 0 Å². The number of nitrogens with zero attached hydrogens (tertiary/aromatic N) is 1. The molecule has 84 valence electrons. The van der Waals surface area contributed by atoms with Gasteiger partial charge in [-0.2, -0.15) is 0 Å². The van der Waals surface area contributed by atoms with Gasteiger partial charge >= 0.3 is 0 Å². The van der Waals surface area contributed by atoms with E-state index < -0.39 is 6.17 Å². The van der Waals surface area contributed by atoms with Crippen LogP contribution in [0, 0.1) is 11.3 Å². The summed E-state index contributed by atoms with van der Waals surface area (Å²) in [4.78, 5) is 2.26. The zero-order valence-electron chi connectivity index (χ0n) is 10.0. The largest absolute Gasteiger partial charge is 0.300 e. The summed E-state index contributed by atoms with van der Waals surface area (Å²) < 4.78 is 13.2. The normalized spacial score (nSPS) is 29.8. The van der Waals surface area contributed by atoms with Crippen molar-refractivity contribution in [3.05, 3.63) is 0 Å². The summed E-state index contributed by atoms with van der Waals surface area (Å²) in [6.07, 6.45) is 1.84. The molecule has 0 aliphatic carbocycles. The lowest BCUT2D eigenvalue weighted by molar-refractivity contribution is 0.262. The number of alkyl halides is 1. The lowest BCUT2D eigenvalue weighted by atomic mass is 9.90. The molecule has 0 unspecified atom stereocenters. The van der Waals surface area contributed by atoms with Crippen LogP contribution in [0.2, 0.25) is 0 Å². The maximum atomic E-state index is 13.2. The molecule has 1 aliphatic rings. The maximum Gasteiger partial charge on any atom is 0.116 e. The lowest BCUT2D eigenvalue weighted by Crippen LogP contribution is -2.23. The Balaban J connectivity index is 2.15. The van der Waals surface area contributed by atoms with Gasteiger partial charge in [-0.15, -0.1) is 0 Å². The van der Waals surface area contributed by atoms with E-state index in [1.807, 2.05) is 6.92 Å². The Morgan fingerprint density at radius 1 is 1.29 bits per heavy atom. The van der Waals surface area contributed by atoms with Gasteiger partial charge < -0.3 is 4.90 Å². The van der Waals surface area contributed by atoms with Crippen LogP contribution in [0.4, 0.5) is 4.39 Å². The molecule has 0 saturated carbocycles. The van der Waals surface area contributed by atoms with Gasteiger partial charge in [-0.3, -0.25) is 0 Å². The Labute approximate surface area is 87.7 Å². The number of halogens is 1. The molecule has 2 atom stereocenters. The van der Waals surface area contributed by atoms with Crippen LogP contribution in [-0.4, -0.2) is 30.7 Å². The molecule has 0 N–H and O–H groups in total. The third-order valence-electron chi connectivity index (χ3n) is 3.00. The number of hydrogen-bond acceptors (Lipinski definition) is 1. The Morgan fingerprint density at radius 2 is 1.93 bits per heavy atom. The van der Waals surface area contributed by atoms with Gasteiger partial charge in [0, 0.05) is 19.0 Å². The predicted octanol–water partition coefficient (Wildman–Crippen LogP) is 3.10. The summed E-state index contributed by atoms with van der Waals surface area (Å²) in [6, 6.07) is 0. The van der Waals surface area contributed by atoms with E-state index >= 15 is 0 Å². The highest BCUT2D eigenvalue weighted by Crippen LogP contribution is 2.23. The van der Waals surface area contributed by atoms with Crippen LogP contribution in [0.5, 0.6) is 0 Å². The second-order valence-corrected chi connectivity index (χ2v) is 5.92. The molecule has 1 saturated heterocycles. The predicted molar refractivity (Wildman–Crippen MR) is 59.2 cm³/mol. The molecule has 0 amide bonds. The topological polar surface area (TPSA) is 3.24 Å². The molecule has 0 spiro atoms. The van der Waals surface area contributed by atoms with Gasteiger partial charge in [-0.25, -0.2) is 4.39 Å². The Bertz CT molecular complexity index is 164. The van der Waals surface area contributed by atoms with Crippen molar-refractivity contribution < 1.29 is 4.39 Å². The molecule has 14 heavy (non-hydrogen) atoms. The Kier molecular flexibility index (Phi) is 3.94. The van der Waals surface area contributed by atoms with Crippen LogP contribution in [0.15, 0.2) is 0 Å². The van der Waals surface area contributed by atoms with E-state index in [0.29, 0.717) is 12.0 Å². The molecule has 2 heteroatoms. The highest BCUT2D eigenvalue weighted by molar-refractivity contribution is 4.81. The molecule has 0 bridgehead atoms. The van der Waals surface area contributed by atoms with E-state index in [-0.39, 0.29) is 5.92 Å². The monoisotopic (exact) mass is 201 g/mol. The number of hydrogen-bond donors (Lipinski definition) is 0. The zero-order chi connectivity index (χ0) is 10.8. The van der Waals surface area contributed by atoms with Gasteiger partial charge in [-0.05, 0) is 24.8 Å². The molecular formula is C12H24FN. The standard InChI is InChI=1S/C12H24FN/c1-10-8-14(9-11(10)13)7-5-6-12(2,3)4/h10-11H,5-9H2,1-4H3/t10-,11+/m0/s1. The second-order valence-electron chi connectivity index (χ2n) is 5.92. The molecule has 1 fully saturated rings. The molecular weight excluding hydrogens is 177 g/mol. The van der Waals surface area contributed by atoms with Crippen molar-refractivity contribution in [3.8, 4) is 0 Å². The average molecular weight is 201 g/mol. The summed E-state index contributed by atoms with van der Waals surface area (Å²) in [7, 11) is 0. The first-order valence-electron chi connectivity index (χ1n) is 5.75. The van der Waals surface area contributed by atoms with Gasteiger partial charge in [0.05, 0.1) is 0 Å². The highest BCUT2D eigenvalue weighted by atomic mass is 19.1. The fourth-order valence-electron chi connectivity index (χ4n) is 2.04. The van der Waals surface area contributed by atoms with Crippen LogP contribution in [0.3, 0.4) is 0 Å². The average Bonchev–Trinajstić information content (AvgIpc) is 2.28. The van der Waals surface area contributed by atoms with Gasteiger partial charge in [0.2, 0.25) is 0 Å². The van der Waals surface area contributed by atoms with Crippen molar-refractivity contribution in [2.24, 2.45) is 11.3 Å². The Morgan fingerprint density at radius 3 is 2.36 bits per heavy atom. The van der Waals surface area contributed by atoms with E-state index in [1.165, 1.54) is 12.8 Å². The Hall–Kier alpha value is -0.110. The third-order valence-corrected chi connectivity index (χ3v) is 3.00. The van der Waals surface area contributed by atoms with E-state index in [0.717, 1.165) is 13.1 Å². The second kappa shape index (κ2) is 4.61. The minimum absolute atomic E-state index is 0.240.